The maximum absolute atomic E-state index is 12.9. The summed E-state index contributed by atoms with van der Waals surface area (Å²) in [5.41, 5.74) is 3.09. The first kappa shape index (κ1) is 16.5. The highest BCUT2D eigenvalue weighted by molar-refractivity contribution is 9.10. The summed E-state index contributed by atoms with van der Waals surface area (Å²) in [6.07, 6.45) is 0. The van der Waals surface area contributed by atoms with Crippen LogP contribution in [0.25, 0.3) is 22.3 Å². The molecule has 0 radical (unpaired) electrons. The molecule has 6 nitrogen and oxygen atoms in total. The minimum Gasteiger partial charge on any atom is -0.339 e. The molecule has 130 valence electrons. The molecular weight excluding hydrogens is 394 g/mol. The van der Waals surface area contributed by atoms with Gasteiger partial charge in [0.05, 0.1) is 4.47 Å². The van der Waals surface area contributed by atoms with E-state index in [2.05, 4.69) is 36.4 Å². The minimum atomic E-state index is -0.182. The van der Waals surface area contributed by atoms with E-state index in [1.54, 1.807) is 0 Å². The van der Waals surface area contributed by atoms with Crippen molar-refractivity contribution in [2.45, 2.75) is 6.92 Å². The van der Waals surface area contributed by atoms with E-state index in [0.29, 0.717) is 17.2 Å². The Balaban J connectivity index is 1.67. The molecule has 0 saturated carbocycles. The average Bonchev–Trinajstić information content (AvgIpc) is 3.18. The number of benzene rings is 2. The number of para-hydroxylation sites is 1. The van der Waals surface area contributed by atoms with E-state index in [9.17, 15) is 4.79 Å². The summed E-state index contributed by atoms with van der Waals surface area (Å²) in [5.74, 6) is 1.16. The normalized spacial score (nSPS) is 11.0. The smallest absolute Gasteiger partial charge is 0.273 e. The predicted octanol–water partition coefficient (Wildman–Crippen LogP) is 4.29. The second kappa shape index (κ2) is 6.42. The van der Waals surface area contributed by atoms with Gasteiger partial charge in [0.25, 0.3) is 5.91 Å². The highest BCUT2D eigenvalue weighted by atomic mass is 79.9. The zero-order valence-electron chi connectivity index (χ0n) is 14.2. The molecule has 0 atom stereocenters. The molecule has 0 unspecified atom stereocenters. The summed E-state index contributed by atoms with van der Waals surface area (Å²) in [6.45, 7) is 1.85. The highest BCUT2D eigenvalue weighted by Crippen LogP contribution is 2.31. The number of H-pyrrole nitrogens is 1. The van der Waals surface area contributed by atoms with Crippen molar-refractivity contribution in [3.63, 3.8) is 0 Å². The van der Waals surface area contributed by atoms with Gasteiger partial charge in [0.2, 0.25) is 0 Å². The molecule has 0 aliphatic heterocycles. The molecule has 0 spiro atoms. The molecule has 7 heteroatoms. The Morgan fingerprint density at radius 2 is 2.00 bits per heavy atom. The van der Waals surface area contributed by atoms with Gasteiger partial charge < -0.3 is 9.88 Å². The van der Waals surface area contributed by atoms with Gasteiger partial charge in [-0.05, 0) is 41.1 Å². The monoisotopic (exact) mass is 409 g/mol. The average molecular weight is 410 g/mol. The molecule has 4 aromatic rings. The molecule has 0 fully saturated rings. The van der Waals surface area contributed by atoms with Crippen LogP contribution in [-0.2, 0) is 7.05 Å². The number of nitrogens with one attached hydrogen (secondary N) is 2. The standard InChI is InChI=1S/C19H16BrN5O/c1-11-21-18(24-23-11)12-6-5-7-13(10-12)22-19(26)17-16(20)14-8-3-4-9-15(14)25(17)2/h3-10H,1-2H3,(H,22,26)(H,21,23,24). The Kier molecular flexibility index (Phi) is 4.08. The fourth-order valence-electron chi connectivity index (χ4n) is 3.00. The van der Waals surface area contributed by atoms with Crippen LogP contribution in [0.4, 0.5) is 5.69 Å². The molecule has 0 aliphatic carbocycles. The van der Waals surface area contributed by atoms with E-state index in [-0.39, 0.29) is 5.91 Å². The van der Waals surface area contributed by atoms with Crippen molar-refractivity contribution < 1.29 is 4.79 Å². The van der Waals surface area contributed by atoms with E-state index in [1.807, 2.05) is 67.1 Å². The number of aromatic amines is 1. The maximum atomic E-state index is 12.9. The first-order chi connectivity index (χ1) is 12.5. The number of carbonyl (C=O) groups excluding carboxylic acids is 1. The number of aryl methyl sites for hydroxylation is 2. The summed E-state index contributed by atoms with van der Waals surface area (Å²) in [5, 5.41) is 11.0. The highest BCUT2D eigenvalue weighted by Gasteiger charge is 2.19. The van der Waals surface area contributed by atoms with E-state index in [1.165, 1.54) is 0 Å². The number of fused-ring (bicyclic) bond motifs is 1. The van der Waals surface area contributed by atoms with Crippen LogP contribution in [0.15, 0.2) is 53.0 Å². The predicted molar refractivity (Wildman–Crippen MR) is 105 cm³/mol. The zero-order chi connectivity index (χ0) is 18.3. The molecule has 4 rings (SSSR count). The topological polar surface area (TPSA) is 75.6 Å². The number of rotatable bonds is 3. The number of nitrogens with zero attached hydrogens (tertiary/aromatic N) is 3. The lowest BCUT2D eigenvalue weighted by molar-refractivity contribution is 0.101. The molecular formula is C19H16BrN5O. The van der Waals surface area contributed by atoms with Crippen LogP contribution in [0.5, 0.6) is 0 Å². The molecule has 0 bridgehead atoms. The van der Waals surface area contributed by atoms with Crippen LogP contribution >= 0.6 is 15.9 Å². The molecule has 26 heavy (non-hydrogen) atoms. The zero-order valence-corrected chi connectivity index (χ0v) is 15.8. The van der Waals surface area contributed by atoms with Crippen molar-refractivity contribution in [1.29, 1.82) is 0 Å². The number of hydrogen-bond donors (Lipinski definition) is 2. The molecule has 1 amide bonds. The Bertz CT molecular complexity index is 1090. The third kappa shape index (κ3) is 2.80. The second-order valence-electron chi connectivity index (χ2n) is 6.02. The fourth-order valence-corrected chi connectivity index (χ4v) is 3.78. The largest absolute Gasteiger partial charge is 0.339 e. The lowest BCUT2D eigenvalue weighted by Crippen LogP contribution is -2.16. The van der Waals surface area contributed by atoms with Crippen LogP contribution in [0.3, 0.4) is 0 Å². The van der Waals surface area contributed by atoms with E-state index < -0.39 is 0 Å². The van der Waals surface area contributed by atoms with Crippen LogP contribution in [0, 0.1) is 6.92 Å². The van der Waals surface area contributed by atoms with E-state index >= 15 is 0 Å². The summed E-state index contributed by atoms with van der Waals surface area (Å²) >= 11 is 3.56. The summed E-state index contributed by atoms with van der Waals surface area (Å²) in [7, 11) is 1.88. The van der Waals surface area contributed by atoms with Crippen molar-refractivity contribution in [2.24, 2.45) is 7.05 Å². The SMILES string of the molecule is Cc1nc(-c2cccc(NC(=O)c3c(Br)c4ccccc4n3C)c2)n[nH]1. The Morgan fingerprint density at radius 1 is 1.19 bits per heavy atom. The Morgan fingerprint density at radius 3 is 2.73 bits per heavy atom. The van der Waals surface area contributed by atoms with Gasteiger partial charge in [0.1, 0.15) is 11.5 Å². The molecule has 0 aliphatic rings. The molecule has 0 saturated heterocycles. The van der Waals surface area contributed by atoms with Gasteiger partial charge >= 0.3 is 0 Å². The number of anilines is 1. The maximum Gasteiger partial charge on any atom is 0.273 e. The van der Waals surface area contributed by atoms with E-state index in [0.717, 1.165) is 26.8 Å². The second-order valence-corrected chi connectivity index (χ2v) is 6.81. The molecule has 2 N–H and O–H groups in total. The Labute approximate surface area is 158 Å². The van der Waals surface area contributed by atoms with Crippen LogP contribution in [0.2, 0.25) is 0 Å². The van der Waals surface area contributed by atoms with Crippen LogP contribution in [-0.4, -0.2) is 25.7 Å². The van der Waals surface area contributed by atoms with Crippen molar-refractivity contribution in [2.75, 3.05) is 5.32 Å². The molecule has 2 aromatic heterocycles. The van der Waals surface area contributed by atoms with Gasteiger partial charge in [0, 0.05) is 29.2 Å². The van der Waals surface area contributed by atoms with Crippen LogP contribution < -0.4 is 5.32 Å². The number of halogens is 1. The van der Waals surface area contributed by atoms with Gasteiger partial charge in [-0.1, -0.05) is 30.3 Å². The van der Waals surface area contributed by atoms with Crippen molar-refractivity contribution >= 4 is 38.4 Å². The summed E-state index contributed by atoms with van der Waals surface area (Å²) in [6, 6.07) is 15.4. The molecule has 2 heterocycles. The third-order valence-electron chi connectivity index (χ3n) is 4.24. The van der Waals surface area contributed by atoms with Gasteiger partial charge in [0.15, 0.2) is 5.82 Å². The minimum absolute atomic E-state index is 0.182. The number of hydrogen-bond acceptors (Lipinski definition) is 3. The number of amides is 1. The molecule has 2 aromatic carbocycles. The van der Waals surface area contributed by atoms with Crippen molar-refractivity contribution in [3.8, 4) is 11.4 Å². The first-order valence-electron chi connectivity index (χ1n) is 8.08. The summed E-state index contributed by atoms with van der Waals surface area (Å²) in [4.78, 5) is 17.2. The number of carbonyl (C=O) groups is 1. The van der Waals surface area contributed by atoms with Gasteiger partial charge in [-0.3, -0.25) is 9.89 Å². The third-order valence-corrected chi connectivity index (χ3v) is 5.04. The fraction of sp³-hybridized carbons (Fsp3) is 0.105. The number of aromatic nitrogens is 4. The lowest BCUT2D eigenvalue weighted by Gasteiger charge is -2.08. The van der Waals surface area contributed by atoms with Gasteiger partial charge in [-0.15, -0.1) is 0 Å². The van der Waals surface area contributed by atoms with Crippen molar-refractivity contribution in [1.82, 2.24) is 19.7 Å². The van der Waals surface area contributed by atoms with Crippen LogP contribution in [0.1, 0.15) is 16.3 Å². The Hall–Kier alpha value is -2.93. The quantitative estimate of drug-likeness (QED) is 0.529. The van der Waals surface area contributed by atoms with Gasteiger partial charge in [-0.25, -0.2) is 4.98 Å². The first-order valence-corrected chi connectivity index (χ1v) is 8.87. The summed E-state index contributed by atoms with van der Waals surface area (Å²) < 4.78 is 2.67. The van der Waals surface area contributed by atoms with E-state index in [4.69, 9.17) is 0 Å². The van der Waals surface area contributed by atoms with Gasteiger partial charge in [-0.2, -0.15) is 5.10 Å². The van der Waals surface area contributed by atoms with Crippen molar-refractivity contribution in [3.05, 3.63) is 64.5 Å². The lowest BCUT2D eigenvalue weighted by atomic mass is 10.2.